The summed E-state index contributed by atoms with van der Waals surface area (Å²) < 4.78 is 0. The average molecular weight is 232 g/mol. The van der Waals surface area contributed by atoms with E-state index < -0.39 is 5.97 Å². The van der Waals surface area contributed by atoms with Crippen LogP contribution in [0.4, 0.5) is 0 Å². The van der Waals surface area contributed by atoms with Crippen LogP contribution in [0.15, 0.2) is 30.5 Å². The molecule has 0 saturated carbocycles. The van der Waals surface area contributed by atoms with Crippen molar-refractivity contribution in [3.8, 4) is 0 Å². The van der Waals surface area contributed by atoms with Crippen molar-refractivity contribution in [2.75, 3.05) is 0 Å². The Labute approximate surface area is 99.4 Å². The first kappa shape index (κ1) is 11.7. The summed E-state index contributed by atoms with van der Waals surface area (Å²) in [6, 6.07) is 7.97. The number of nitrogens with two attached hydrogens (primary N) is 1. The second-order valence-electron chi connectivity index (χ2n) is 4.26. The molecule has 0 bridgehead atoms. The third kappa shape index (κ3) is 2.85. The summed E-state index contributed by atoms with van der Waals surface area (Å²) in [5, 5.41) is 9.77. The van der Waals surface area contributed by atoms with E-state index >= 15 is 0 Å². The SMILES string of the molecule is NC(CCC(=O)O)Cc1cccc2cc[nH]c12. The zero-order chi connectivity index (χ0) is 12.3. The molecule has 90 valence electrons. The van der Waals surface area contributed by atoms with Crippen LogP contribution in [0.1, 0.15) is 18.4 Å². The second kappa shape index (κ2) is 5.01. The number of carbonyl (C=O) groups is 1. The maximum absolute atomic E-state index is 10.5. The Hall–Kier alpha value is -1.81. The van der Waals surface area contributed by atoms with Crippen molar-refractivity contribution in [3.63, 3.8) is 0 Å². The summed E-state index contributed by atoms with van der Waals surface area (Å²) in [4.78, 5) is 13.7. The van der Waals surface area contributed by atoms with Gasteiger partial charge in [0, 0.05) is 24.2 Å². The zero-order valence-corrected chi connectivity index (χ0v) is 9.52. The largest absolute Gasteiger partial charge is 0.481 e. The van der Waals surface area contributed by atoms with Crippen LogP contribution < -0.4 is 5.73 Å². The first-order valence-corrected chi connectivity index (χ1v) is 5.69. The van der Waals surface area contributed by atoms with Crippen LogP contribution in [0.3, 0.4) is 0 Å². The zero-order valence-electron chi connectivity index (χ0n) is 9.52. The maximum atomic E-state index is 10.5. The number of aliphatic carboxylic acids is 1. The Kier molecular flexibility index (Phi) is 3.44. The highest BCUT2D eigenvalue weighted by Crippen LogP contribution is 2.18. The first-order valence-electron chi connectivity index (χ1n) is 5.69. The third-order valence-electron chi connectivity index (χ3n) is 2.88. The summed E-state index contributed by atoms with van der Waals surface area (Å²) >= 11 is 0. The van der Waals surface area contributed by atoms with Gasteiger partial charge < -0.3 is 15.8 Å². The molecule has 2 aromatic rings. The molecule has 1 unspecified atom stereocenters. The molecule has 0 amide bonds. The van der Waals surface area contributed by atoms with Crippen molar-refractivity contribution < 1.29 is 9.90 Å². The number of rotatable bonds is 5. The normalized spacial score (nSPS) is 12.8. The predicted molar refractivity (Wildman–Crippen MR) is 66.8 cm³/mol. The van der Waals surface area contributed by atoms with Gasteiger partial charge in [-0.1, -0.05) is 18.2 Å². The van der Waals surface area contributed by atoms with Crippen LogP contribution in [0.5, 0.6) is 0 Å². The number of nitrogens with one attached hydrogen (secondary N) is 1. The lowest BCUT2D eigenvalue weighted by Crippen LogP contribution is -2.23. The lowest BCUT2D eigenvalue weighted by molar-refractivity contribution is -0.137. The van der Waals surface area contributed by atoms with E-state index in [2.05, 4.69) is 4.98 Å². The molecule has 0 aliphatic heterocycles. The van der Waals surface area contributed by atoms with Gasteiger partial charge in [-0.05, 0) is 29.9 Å². The van der Waals surface area contributed by atoms with Gasteiger partial charge in [-0.3, -0.25) is 4.79 Å². The molecule has 1 heterocycles. The van der Waals surface area contributed by atoms with E-state index in [1.165, 1.54) is 0 Å². The van der Waals surface area contributed by atoms with Crippen molar-refractivity contribution in [2.45, 2.75) is 25.3 Å². The minimum Gasteiger partial charge on any atom is -0.481 e. The van der Waals surface area contributed by atoms with Crippen molar-refractivity contribution >= 4 is 16.9 Å². The number of benzene rings is 1. The van der Waals surface area contributed by atoms with Crippen molar-refractivity contribution in [2.24, 2.45) is 5.73 Å². The van der Waals surface area contributed by atoms with E-state index in [1.54, 1.807) is 0 Å². The molecule has 0 aliphatic carbocycles. The smallest absolute Gasteiger partial charge is 0.303 e. The lowest BCUT2D eigenvalue weighted by Gasteiger charge is -2.11. The van der Waals surface area contributed by atoms with Crippen LogP contribution in [-0.4, -0.2) is 22.1 Å². The number of hydrogen-bond donors (Lipinski definition) is 3. The molecule has 1 aromatic carbocycles. The number of aromatic nitrogens is 1. The highest BCUT2D eigenvalue weighted by Gasteiger charge is 2.09. The van der Waals surface area contributed by atoms with E-state index in [0.717, 1.165) is 16.5 Å². The van der Waals surface area contributed by atoms with Gasteiger partial charge in [0.2, 0.25) is 0 Å². The van der Waals surface area contributed by atoms with Crippen LogP contribution in [-0.2, 0) is 11.2 Å². The Balaban J connectivity index is 2.07. The van der Waals surface area contributed by atoms with E-state index in [1.807, 2.05) is 30.5 Å². The molecule has 1 aromatic heterocycles. The first-order chi connectivity index (χ1) is 8.16. The molecule has 0 aliphatic rings. The van der Waals surface area contributed by atoms with Gasteiger partial charge in [0.15, 0.2) is 0 Å². The molecular weight excluding hydrogens is 216 g/mol. The Morgan fingerprint density at radius 1 is 1.41 bits per heavy atom. The van der Waals surface area contributed by atoms with Gasteiger partial charge in [0.1, 0.15) is 0 Å². The molecule has 4 N–H and O–H groups in total. The molecule has 0 radical (unpaired) electrons. The number of carboxylic acid groups (broad SMARTS) is 1. The maximum Gasteiger partial charge on any atom is 0.303 e. The number of carboxylic acids is 1. The fraction of sp³-hybridized carbons (Fsp3) is 0.308. The Bertz CT molecular complexity index is 519. The third-order valence-corrected chi connectivity index (χ3v) is 2.88. The van der Waals surface area contributed by atoms with E-state index in [4.69, 9.17) is 10.8 Å². The van der Waals surface area contributed by atoms with E-state index in [-0.39, 0.29) is 12.5 Å². The van der Waals surface area contributed by atoms with Gasteiger partial charge in [-0.25, -0.2) is 0 Å². The van der Waals surface area contributed by atoms with Crippen molar-refractivity contribution in [1.82, 2.24) is 4.98 Å². The number of aromatic amines is 1. The Morgan fingerprint density at radius 3 is 3.00 bits per heavy atom. The molecule has 4 nitrogen and oxygen atoms in total. The quantitative estimate of drug-likeness (QED) is 0.736. The average Bonchev–Trinajstić information content (AvgIpc) is 2.75. The van der Waals surface area contributed by atoms with Crippen molar-refractivity contribution in [3.05, 3.63) is 36.0 Å². The molecule has 4 heteroatoms. The molecular formula is C13H16N2O2. The van der Waals surface area contributed by atoms with Crippen LogP contribution >= 0.6 is 0 Å². The molecule has 0 spiro atoms. The number of H-pyrrole nitrogens is 1. The summed E-state index contributed by atoms with van der Waals surface area (Å²) in [7, 11) is 0. The lowest BCUT2D eigenvalue weighted by atomic mass is 10.0. The fourth-order valence-corrected chi connectivity index (χ4v) is 2.01. The minimum absolute atomic E-state index is 0.111. The van der Waals surface area contributed by atoms with Gasteiger partial charge in [0.25, 0.3) is 0 Å². The van der Waals surface area contributed by atoms with Crippen LogP contribution in [0, 0.1) is 0 Å². The molecule has 17 heavy (non-hydrogen) atoms. The van der Waals surface area contributed by atoms with Gasteiger partial charge in [0.05, 0.1) is 0 Å². The topological polar surface area (TPSA) is 79.1 Å². The molecule has 0 saturated heterocycles. The summed E-state index contributed by atoms with van der Waals surface area (Å²) in [5.41, 5.74) is 8.18. The summed E-state index contributed by atoms with van der Waals surface area (Å²) in [5.74, 6) is -0.793. The monoisotopic (exact) mass is 232 g/mol. The summed E-state index contributed by atoms with van der Waals surface area (Å²) in [6.45, 7) is 0. The molecule has 1 atom stereocenters. The van der Waals surface area contributed by atoms with E-state index in [0.29, 0.717) is 12.8 Å². The van der Waals surface area contributed by atoms with Crippen LogP contribution in [0.2, 0.25) is 0 Å². The fourth-order valence-electron chi connectivity index (χ4n) is 2.01. The van der Waals surface area contributed by atoms with Gasteiger partial charge in [-0.15, -0.1) is 0 Å². The van der Waals surface area contributed by atoms with Gasteiger partial charge >= 0.3 is 5.97 Å². The minimum atomic E-state index is -0.793. The highest BCUT2D eigenvalue weighted by atomic mass is 16.4. The predicted octanol–water partition coefficient (Wildman–Crippen LogP) is 1.90. The van der Waals surface area contributed by atoms with Gasteiger partial charge in [-0.2, -0.15) is 0 Å². The number of fused-ring (bicyclic) bond motifs is 1. The van der Waals surface area contributed by atoms with Crippen LogP contribution in [0.25, 0.3) is 10.9 Å². The number of hydrogen-bond acceptors (Lipinski definition) is 2. The highest BCUT2D eigenvalue weighted by molar-refractivity contribution is 5.82. The molecule has 0 fully saturated rings. The molecule has 2 rings (SSSR count). The van der Waals surface area contributed by atoms with E-state index in [9.17, 15) is 4.79 Å². The van der Waals surface area contributed by atoms with Crippen molar-refractivity contribution in [1.29, 1.82) is 0 Å². The summed E-state index contributed by atoms with van der Waals surface area (Å²) in [6.07, 6.45) is 3.23. The second-order valence-corrected chi connectivity index (χ2v) is 4.26. The Morgan fingerprint density at radius 2 is 2.24 bits per heavy atom. The number of para-hydroxylation sites is 1. The standard InChI is InChI=1S/C13H16N2O2/c14-11(4-5-12(16)17)8-10-3-1-2-9-6-7-15-13(9)10/h1-3,6-7,11,15H,4-5,8,14H2,(H,16,17).